The van der Waals surface area contributed by atoms with Crippen LogP contribution >= 0.6 is 11.6 Å². The van der Waals surface area contributed by atoms with Crippen molar-refractivity contribution < 1.29 is 34.7 Å². The topological polar surface area (TPSA) is 44.8 Å². The number of nitrogens with zero attached hydrogens (tertiary/aromatic N) is 3. The molecule has 0 saturated heterocycles. The summed E-state index contributed by atoms with van der Waals surface area (Å²) in [5.41, 5.74) is 25.7. The normalized spacial score (nSPS) is 19.8. The summed E-state index contributed by atoms with van der Waals surface area (Å²) in [7, 11) is 0. The Balaban J connectivity index is 0.000000136. The van der Waals surface area contributed by atoms with Gasteiger partial charge >= 0.3 is 29.6 Å². The van der Waals surface area contributed by atoms with Crippen LogP contribution in [0.4, 0.5) is 62.6 Å². The molecule has 8 aliphatic rings. The van der Waals surface area contributed by atoms with Crippen LogP contribution in [0, 0.1) is 35.5 Å². The van der Waals surface area contributed by atoms with Crippen LogP contribution in [0.1, 0.15) is 109 Å². The molecule has 0 amide bonds. The number of halogens is 1. The Hall–Kier alpha value is -11.5. The summed E-state index contributed by atoms with van der Waals surface area (Å²) in [5, 5.41) is 19.0. The van der Waals surface area contributed by atoms with E-state index in [1.807, 2.05) is 36.4 Å². The van der Waals surface area contributed by atoms with E-state index < -0.39 is 5.60 Å². The predicted octanol–water partition coefficient (Wildman–Crippen LogP) is 28.9. The van der Waals surface area contributed by atoms with E-state index in [2.05, 4.69) is 384 Å². The Kier molecular flexibility index (Phi) is 24.5. The molecule has 8 bridgehead atoms. The average molecular weight is 1630 g/mol. The van der Waals surface area contributed by atoms with E-state index in [9.17, 15) is 5.11 Å². The third kappa shape index (κ3) is 18.9. The van der Waals surface area contributed by atoms with Gasteiger partial charge in [-0.05, 0) is 346 Å². The molecule has 16 aromatic carbocycles. The van der Waals surface area contributed by atoms with E-state index >= 15 is 0 Å². The molecule has 8 fully saturated rings. The Morgan fingerprint density at radius 2 is 0.463 bits per heavy atom. The van der Waals surface area contributed by atoms with Gasteiger partial charge < -0.3 is 25.1 Å². The van der Waals surface area contributed by atoms with Gasteiger partial charge in [0.25, 0.3) is 0 Å². The second-order valence-electron chi connectivity index (χ2n) is 36.5. The Labute approximate surface area is 755 Å². The molecule has 0 atom stereocenters. The van der Waals surface area contributed by atoms with E-state index in [0.29, 0.717) is 10.8 Å². The Morgan fingerprint density at radius 1 is 0.252 bits per heavy atom. The molecule has 0 unspecified atom stereocenters. The monoisotopic (exact) mass is 1630 g/mol. The molecule has 0 radical (unpaired) electrons. The van der Waals surface area contributed by atoms with E-state index in [4.69, 9.17) is 11.6 Å². The quantitative estimate of drug-likeness (QED) is 0.0921. The molecule has 0 heterocycles. The van der Waals surface area contributed by atoms with Crippen molar-refractivity contribution in [3.63, 3.8) is 0 Å². The van der Waals surface area contributed by atoms with Crippen LogP contribution in [0.2, 0.25) is 5.02 Å². The van der Waals surface area contributed by atoms with Crippen LogP contribution in [0.5, 0.6) is 0 Å². The van der Waals surface area contributed by atoms with Gasteiger partial charge in [0.1, 0.15) is 0 Å². The molecule has 0 aliphatic heterocycles. The minimum Gasteiger partial charge on any atom is -0.850 e. The van der Waals surface area contributed by atoms with Gasteiger partial charge in [-0.1, -0.05) is 287 Å². The number of benzene rings is 16. The van der Waals surface area contributed by atoms with Gasteiger partial charge in [-0.15, -0.1) is 5.60 Å². The summed E-state index contributed by atoms with van der Waals surface area (Å²) in [5.74, 6) is 5.67. The van der Waals surface area contributed by atoms with E-state index in [1.165, 1.54) is 149 Å². The third-order valence-corrected chi connectivity index (χ3v) is 26.9. The zero-order valence-electron chi connectivity index (χ0n) is 71.2. The maximum atomic E-state index is 10.1. The van der Waals surface area contributed by atoms with Crippen molar-refractivity contribution in [2.24, 2.45) is 35.5 Å². The van der Waals surface area contributed by atoms with Crippen molar-refractivity contribution in [1.82, 2.24) is 0 Å². The van der Waals surface area contributed by atoms with Gasteiger partial charge in [0.2, 0.25) is 0 Å². The van der Waals surface area contributed by atoms with Crippen molar-refractivity contribution in [3.05, 3.63) is 417 Å². The second-order valence-corrected chi connectivity index (χ2v) is 36.9. The minimum absolute atomic E-state index is 0. The first kappa shape index (κ1) is 82.4. The SMILES string of the molecule is CC(C)(C)[O-].Clc1ccc2cc(N(c3ccc(-c4ccccc4)cc3)c3ccc(C45CC6CC(CC(C6)C4)C5)cc3)ccc2c1.[Na+].c1ccc(-c2ccc(N(c3ccccc3)c3ccc4cc(N(c5ccc(-c6ccccc6)cc5)c5ccc(C67CC8CC(CC(C8)C6)C7)cc5)ccc4c3)cc2)cc1.c1ccc(Nc2ccc(-c3ccccc3)cc2)cc1. The van der Waals surface area contributed by atoms with Crippen molar-refractivity contribution in [2.45, 2.75) is 114 Å². The molecule has 604 valence electrons. The molecule has 1 N–H and O–H groups in total. The third-order valence-electron chi connectivity index (χ3n) is 26.7. The van der Waals surface area contributed by atoms with Crippen LogP contribution in [0.25, 0.3) is 66.1 Å². The molecule has 0 spiro atoms. The van der Waals surface area contributed by atoms with E-state index in [-0.39, 0.29) is 29.6 Å². The van der Waals surface area contributed by atoms with E-state index in [1.54, 1.807) is 31.9 Å². The number of hydrogen-bond donors (Lipinski definition) is 1. The summed E-state index contributed by atoms with van der Waals surface area (Å²) >= 11 is 6.29. The Morgan fingerprint density at radius 3 is 0.756 bits per heavy atom. The molecule has 123 heavy (non-hydrogen) atoms. The molecule has 0 aromatic heterocycles. The van der Waals surface area contributed by atoms with Crippen LogP contribution in [0.3, 0.4) is 0 Å². The average Bonchev–Trinajstić information content (AvgIpc) is 0.739. The second kappa shape index (κ2) is 36.5. The molecule has 7 heteroatoms. The maximum absolute atomic E-state index is 10.1. The van der Waals surface area contributed by atoms with Gasteiger partial charge in [-0.25, -0.2) is 0 Å². The molecular weight excluding hydrogens is 1520 g/mol. The number of rotatable bonds is 17. The molecule has 24 rings (SSSR count). The van der Waals surface area contributed by atoms with Crippen LogP contribution in [-0.2, 0) is 10.8 Å². The standard InChI is InChI=1S/C56H48N2.C38H34ClN.C18H15N.C4H9O.Na/c1-4-10-43(11-5-1)45-16-24-51(25-17-45)57(50-14-8-3-9-15-50)54-28-20-48-36-55(29-21-47(48)35-54)58(52-26-18-46(19-27-52)44-12-6-2-7-13-44)53-30-22-49(23-31-53)56-37-40-32-41(38-56)34-42(33-40)39-56;39-34-12-6-32-22-37(15-9-31(32)21-34)40(35-13-7-30(8-14-35)29-4-2-1-3-5-29)36-16-10-33(11-17-36)38-23-26-18-27(24-38)20-28(19-26)25-38;1-3-7-15(8-4-1)16-11-13-18(14-12-16)19-17-9-5-2-6-10-17;1-4(2,3)5;/h1-31,35-36,40-42H,32-34,37-39H2;1-17,21-22,26-28H,18-20,23-25H2;1-14,19H;1-3H3;/q;;;-1;+1. The van der Waals surface area contributed by atoms with Crippen LogP contribution in [0.15, 0.2) is 400 Å². The van der Waals surface area contributed by atoms with Gasteiger partial charge in [-0.3, -0.25) is 0 Å². The number of nitrogens with one attached hydrogen (secondary N) is 1. The van der Waals surface area contributed by atoms with Crippen molar-refractivity contribution in [2.75, 3.05) is 20.0 Å². The number of anilines is 11. The molecule has 16 aromatic rings. The first-order valence-corrected chi connectivity index (χ1v) is 44.6. The van der Waals surface area contributed by atoms with Gasteiger partial charge in [-0.2, -0.15) is 0 Å². The van der Waals surface area contributed by atoms with Crippen molar-refractivity contribution >= 4 is 95.7 Å². The fraction of sp³-hybridized carbons (Fsp3) is 0.207. The molecule has 8 aliphatic carbocycles. The summed E-state index contributed by atoms with van der Waals surface area (Å²) in [4.78, 5) is 7.19. The van der Waals surface area contributed by atoms with Crippen LogP contribution in [-0.4, -0.2) is 5.60 Å². The van der Waals surface area contributed by atoms with Gasteiger partial charge in [0, 0.05) is 67.6 Å². The predicted molar refractivity (Wildman–Crippen MR) is 514 cm³/mol. The Bertz CT molecular complexity index is 6110. The largest absolute Gasteiger partial charge is 1.00 e. The molecular formula is C116H106ClN4NaO. The number of fused-ring (bicyclic) bond motifs is 2. The first-order valence-electron chi connectivity index (χ1n) is 44.2. The zero-order chi connectivity index (χ0) is 82.6. The maximum Gasteiger partial charge on any atom is 1.00 e. The van der Waals surface area contributed by atoms with Gasteiger partial charge in [0.15, 0.2) is 0 Å². The first-order chi connectivity index (χ1) is 59.7. The molecule has 5 nitrogen and oxygen atoms in total. The number of para-hydroxylation sites is 2. The summed E-state index contributed by atoms with van der Waals surface area (Å²) in [6.45, 7) is 4.90. The minimum atomic E-state index is -0.750. The summed E-state index contributed by atoms with van der Waals surface area (Å²) in [6, 6.07) is 145. The van der Waals surface area contributed by atoms with Crippen molar-refractivity contribution in [1.29, 1.82) is 0 Å². The summed E-state index contributed by atoms with van der Waals surface area (Å²) < 4.78 is 0. The van der Waals surface area contributed by atoms with Crippen molar-refractivity contribution in [3.8, 4) is 44.5 Å². The smallest absolute Gasteiger partial charge is 0.850 e. The van der Waals surface area contributed by atoms with Crippen LogP contribution < -0.4 is 54.7 Å². The zero-order valence-corrected chi connectivity index (χ0v) is 73.9. The molecule has 8 saturated carbocycles. The van der Waals surface area contributed by atoms with E-state index in [0.717, 1.165) is 97.1 Å². The summed E-state index contributed by atoms with van der Waals surface area (Å²) in [6.07, 6.45) is 17.2. The fourth-order valence-electron chi connectivity index (χ4n) is 22.0. The fourth-order valence-corrected chi connectivity index (χ4v) is 22.2. The van der Waals surface area contributed by atoms with Gasteiger partial charge in [0.05, 0.1) is 0 Å². The number of hydrogen-bond acceptors (Lipinski definition) is 5.